The molecule has 0 spiro atoms. The molecule has 178 valence electrons. The summed E-state index contributed by atoms with van der Waals surface area (Å²) in [6.07, 6.45) is 7.36. The summed E-state index contributed by atoms with van der Waals surface area (Å²) in [7, 11) is 0. The second kappa shape index (κ2) is 9.93. The van der Waals surface area contributed by atoms with Crippen LogP contribution in [-0.2, 0) is 15.1 Å². The van der Waals surface area contributed by atoms with Gasteiger partial charge in [0, 0.05) is 24.9 Å². The SMILES string of the molecule is CC(C)(N)c1ccc(-n2nnc3cnc(Nc4cnn(C5CCOCC5)c4)nc32)cc1.O=CO. The summed E-state index contributed by atoms with van der Waals surface area (Å²) < 4.78 is 9.11. The van der Waals surface area contributed by atoms with Crippen molar-refractivity contribution in [3.63, 3.8) is 0 Å². The van der Waals surface area contributed by atoms with Gasteiger partial charge in [0.15, 0.2) is 11.2 Å². The highest BCUT2D eigenvalue weighted by molar-refractivity contribution is 5.72. The lowest BCUT2D eigenvalue weighted by Crippen LogP contribution is -2.28. The summed E-state index contributed by atoms with van der Waals surface area (Å²) in [5.41, 5.74) is 9.74. The number of aromatic nitrogens is 7. The Bertz CT molecular complexity index is 1240. The summed E-state index contributed by atoms with van der Waals surface area (Å²) in [5, 5.41) is 23.0. The highest BCUT2D eigenvalue weighted by atomic mass is 16.5. The summed E-state index contributed by atoms with van der Waals surface area (Å²) in [6, 6.07) is 8.28. The number of rotatable bonds is 5. The van der Waals surface area contributed by atoms with Crippen LogP contribution in [0.15, 0.2) is 42.9 Å². The average molecular weight is 466 g/mol. The number of hydrogen-bond acceptors (Lipinski definition) is 9. The molecule has 1 aliphatic heterocycles. The molecule has 12 nitrogen and oxygen atoms in total. The van der Waals surface area contributed by atoms with Crippen LogP contribution in [0.4, 0.5) is 11.6 Å². The molecule has 5 rings (SSSR count). The van der Waals surface area contributed by atoms with Gasteiger partial charge in [0.2, 0.25) is 5.95 Å². The zero-order chi connectivity index (χ0) is 24.1. The molecule has 4 N–H and O–H groups in total. The Balaban J connectivity index is 0.000000868. The summed E-state index contributed by atoms with van der Waals surface area (Å²) in [5.74, 6) is 0.460. The number of benzene rings is 1. The summed E-state index contributed by atoms with van der Waals surface area (Å²) >= 11 is 0. The van der Waals surface area contributed by atoms with Gasteiger partial charge in [-0.2, -0.15) is 14.8 Å². The quantitative estimate of drug-likeness (QED) is 0.373. The molecule has 0 bridgehead atoms. The molecular formula is C22H27N9O3. The minimum atomic E-state index is -0.405. The fraction of sp³-hybridized carbons (Fsp3) is 0.364. The zero-order valence-electron chi connectivity index (χ0n) is 19.0. The minimum Gasteiger partial charge on any atom is -0.483 e. The highest BCUT2D eigenvalue weighted by Crippen LogP contribution is 2.24. The first kappa shape index (κ1) is 23.3. The molecule has 0 unspecified atom stereocenters. The van der Waals surface area contributed by atoms with Gasteiger partial charge >= 0.3 is 0 Å². The third-order valence-electron chi connectivity index (χ3n) is 5.47. The standard InChI is InChI=1S/C21H25N9O.CH2O2/c1-21(2,22)14-3-5-17(6-4-14)30-19-18(27-28-30)12-23-20(26-19)25-15-11-24-29(13-15)16-7-9-31-10-8-16;2-1-3/h3-6,11-13,16H,7-10,22H2,1-2H3,(H,23,25,26);1H,(H,2,3). The Morgan fingerprint density at radius 2 is 1.91 bits per heavy atom. The normalized spacial score (nSPS) is 14.4. The van der Waals surface area contributed by atoms with E-state index in [0.717, 1.165) is 43.0 Å². The monoisotopic (exact) mass is 465 g/mol. The topological polar surface area (TPSA) is 159 Å². The third kappa shape index (κ3) is 5.18. The van der Waals surface area contributed by atoms with E-state index in [0.29, 0.717) is 23.2 Å². The lowest BCUT2D eigenvalue weighted by atomic mass is 9.96. The molecule has 0 radical (unpaired) electrons. The smallest absolute Gasteiger partial charge is 0.290 e. The van der Waals surface area contributed by atoms with Gasteiger partial charge in [0.1, 0.15) is 0 Å². The van der Waals surface area contributed by atoms with E-state index in [9.17, 15) is 0 Å². The van der Waals surface area contributed by atoms with Crippen molar-refractivity contribution in [3.05, 3.63) is 48.4 Å². The molecule has 4 heterocycles. The van der Waals surface area contributed by atoms with Gasteiger partial charge in [-0.1, -0.05) is 17.3 Å². The van der Waals surface area contributed by atoms with Crippen molar-refractivity contribution < 1.29 is 14.6 Å². The van der Waals surface area contributed by atoms with Crippen LogP contribution >= 0.6 is 0 Å². The Labute approximate surface area is 195 Å². The van der Waals surface area contributed by atoms with E-state index in [1.807, 2.05) is 49.0 Å². The largest absolute Gasteiger partial charge is 0.483 e. The molecular weight excluding hydrogens is 438 g/mol. The number of nitrogens with zero attached hydrogens (tertiary/aromatic N) is 7. The van der Waals surface area contributed by atoms with Crippen molar-refractivity contribution in [1.82, 2.24) is 34.7 Å². The van der Waals surface area contributed by atoms with Crippen LogP contribution in [0.2, 0.25) is 0 Å². The molecule has 4 aromatic rings. The van der Waals surface area contributed by atoms with Gasteiger partial charge < -0.3 is 20.9 Å². The fourth-order valence-electron chi connectivity index (χ4n) is 3.68. The lowest BCUT2D eigenvalue weighted by Gasteiger charge is -2.22. The maximum absolute atomic E-state index is 8.36. The van der Waals surface area contributed by atoms with Crippen molar-refractivity contribution in [1.29, 1.82) is 0 Å². The van der Waals surface area contributed by atoms with Gasteiger partial charge in [-0.3, -0.25) is 9.48 Å². The molecule has 0 amide bonds. The molecule has 12 heteroatoms. The third-order valence-corrected chi connectivity index (χ3v) is 5.47. The van der Waals surface area contributed by atoms with Gasteiger partial charge in [-0.25, -0.2) is 4.98 Å². The van der Waals surface area contributed by atoms with Crippen LogP contribution < -0.4 is 11.1 Å². The first-order valence-electron chi connectivity index (χ1n) is 10.8. The molecule has 34 heavy (non-hydrogen) atoms. The average Bonchev–Trinajstić information content (AvgIpc) is 3.47. The number of nitrogens with two attached hydrogens (primary N) is 1. The number of nitrogens with one attached hydrogen (secondary N) is 1. The van der Waals surface area contributed by atoms with Crippen LogP contribution in [0.1, 0.15) is 38.3 Å². The van der Waals surface area contributed by atoms with E-state index in [1.165, 1.54) is 0 Å². The Morgan fingerprint density at radius 3 is 2.59 bits per heavy atom. The van der Waals surface area contributed by atoms with Gasteiger partial charge in [0.05, 0.1) is 29.8 Å². The van der Waals surface area contributed by atoms with Gasteiger partial charge in [0.25, 0.3) is 6.47 Å². The van der Waals surface area contributed by atoms with Crippen molar-refractivity contribution in [2.75, 3.05) is 18.5 Å². The predicted octanol–water partition coefficient (Wildman–Crippen LogP) is 2.40. The van der Waals surface area contributed by atoms with Crippen LogP contribution in [0, 0.1) is 0 Å². The minimum absolute atomic E-state index is 0.250. The summed E-state index contributed by atoms with van der Waals surface area (Å²) in [6.45, 7) is 5.24. The van der Waals surface area contributed by atoms with Crippen molar-refractivity contribution in [2.24, 2.45) is 5.73 Å². The van der Waals surface area contributed by atoms with Crippen LogP contribution in [0.5, 0.6) is 0 Å². The van der Waals surface area contributed by atoms with E-state index in [2.05, 4.69) is 30.7 Å². The van der Waals surface area contributed by atoms with Gasteiger partial charge in [-0.05, 0) is 44.4 Å². The van der Waals surface area contributed by atoms with E-state index in [-0.39, 0.29) is 6.47 Å². The molecule has 3 aromatic heterocycles. The lowest BCUT2D eigenvalue weighted by molar-refractivity contribution is -0.122. The van der Waals surface area contributed by atoms with Crippen LogP contribution in [-0.4, -0.2) is 59.5 Å². The molecule has 1 fully saturated rings. The van der Waals surface area contributed by atoms with E-state index >= 15 is 0 Å². The van der Waals surface area contributed by atoms with Crippen molar-refractivity contribution >= 4 is 29.3 Å². The molecule has 1 saturated heterocycles. The fourth-order valence-corrected chi connectivity index (χ4v) is 3.68. The van der Waals surface area contributed by atoms with Crippen LogP contribution in [0.25, 0.3) is 16.9 Å². The molecule has 1 aliphatic rings. The van der Waals surface area contributed by atoms with Gasteiger partial charge in [-0.15, -0.1) is 5.10 Å². The molecule has 0 saturated carbocycles. The Kier molecular flexibility index (Phi) is 6.80. The molecule has 0 aliphatic carbocycles. The van der Waals surface area contributed by atoms with Crippen molar-refractivity contribution in [3.8, 4) is 5.69 Å². The zero-order valence-corrected chi connectivity index (χ0v) is 19.0. The van der Waals surface area contributed by atoms with E-state index in [4.69, 9.17) is 20.4 Å². The number of ether oxygens (including phenoxy) is 1. The second-order valence-corrected chi connectivity index (χ2v) is 8.46. The second-order valence-electron chi connectivity index (χ2n) is 8.46. The summed E-state index contributed by atoms with van der Waals surface area (Å²) in [4.78, 5) is 17.4. The van der Waals surface area contributed by atoms with E-state index < -0.39 is 5.54 Å². The maximum Gasteiger partial charge on any atom is 0.290 e. The number of hydrogen-bond donors (Lipinski definition) is 3. The number of fused-ring (bicyclic) bond motifs is 1. The predicted molar refractivity (Wildman–Crippen MR) is 125 cm³/mol. The number of anilines is 2. The first-order chi connectivity index (χ1) is 16.4. The Hall–Kier alpha value is -3.90. The molecule has 1 aromatic carbocycles. The number of carbonyl (C=O) groups is 1. The van der Waals surface area contributed by atoms with E-state index in [1.54, 1.807) is 17.1 Å². The van der Waals surface area contributed by atoms with Crippen LogP contribution in [0.3, 0.4) is 0 Å². The first-order valence-corrected chi connectivity index (χ1v) is 10.8. The highest BCUT2D eigenvalue weighted by Gasteiger charge is 2.18. The molecule has 0 atom stereocenters. The Morgan fingerprint density at radius 1 is 1.21 bits per heavy atom. The maximum atomic E-state index is 8.36. The number of carboxylic acid groups (broad SMARTS) is 1. The van der Waals surface area contributed by atoms with Crippen molar-refractivity contribution in [2.45, 2.75) is 38.3 Å².